The number of aliphatic hydroxyl groups is 1. The summed E-state index contributed by atoms with van der Waals surface area (Å²) in [6, 6.07) is 8.29. The lowest BCUT2D eigenvalue weighted by Crippen LogP contribution is -2.53. The molecule has 1 saturated carbocycles. The molecule has 2 nitrogen and oxygen atoms in total. The van der Waals surface area contributed by atoms with Crippen LogP contribution in [0.5, 0.6) is 0 Å². The van der Waals surface area contributed by atoms with Gasteiger partial charge in [0.05, 0.1) is 5.60 Å². The fraction of sp³-hybridized carbons (Fsp3) is 0.600. The van der Waals surface area contributed by atoms with Gasteiger partial charge >= 0.3 is 0 Å². The molecule has 0 aromatic heterocycles. The van der Waals surface area contributed by atoms with Gasteiger partial charge in [0.15, 0.2) is 0 Å². The summed E-state index contributed by atoms with van der Waals surface area (Å²) in [6.07, 6.45) is 5.34. The van der Waals surface area contributed by atoms with E-state index in [-0.39, 0.29) is 6.04 Å². The summed E-state index contributed by atoms with van der Waals surface area (Å²) in [6.45, 7) is 0.893. The van der Waals surface area contributed by atoms with Crippen LogP contribution in [-0.4, -0.2) is 17.3 Å². The van der Waals surface area contributed by atoms with E-state index in [1.54, 1.807) is 0 Å². The number of fused-ring (bicyclic) bond motifs is 1. The first-order valence-electron chi connectivity index (χ1n) is 6.90. The molecule has 3 heteroatoms. The fourth-order valence-corrected chi connectivity index (χ4v) is 3.87. The summed E-state index contributed by atoms with van der Waals surface area (Å²) < 4.78 is 0. The predicted octanol–water partition coefficient (Wildman–Crippen LogP) is 3.30. The molecule has 0 amide bonds. The minimum absolute atomic E-state index is 0.253. The largest absolute Gasteiger partial charge is 0.389 e. The van der Waals surface area contributed by atoms with E-state index in [1.807, 2.05) is 18.2 Å². The van der Waals surface area contributed by atoms with Gasteiger partial charge in [0.2, 0.25) is 0 Å². The van der Waals surface area contributed by atoms with Crippen LogP contribution in [0, 0.1) is 5.92 Å². The molecule has 2 N–H and O–H groups in total. The lowest BCUT2D eigenvalue weighted by atomic mass is 9.67. The van der Waals surface area contributed by atoms with Crippen LogP contribution in [0.2, 0.25) is 5.02 Å². The Bertz CT molecular complexity index is 432. The zero-order chi connectivity index (χ0) is 12.6. The third-order valence-corrected chi connectivity index (χ3v) is 4.83. The number of benzene rings is 1. The molecule has 18 heavy (non-hydrogen) atoms. The molecular weight excluding hydrogens is 246 g/mol. The van der Waals surface area contributed by atoms with Gasteiger partial charge < -0.3 is 10.4 Å². The number of rotatable bonds is 1. The first-order valence-corrected chi connectivity index (χ1v) is 7.28. The van der Waals surface area contributed by atoms with Crippen molar-refractivity contribution in [1.82, 2.24) is 5.32 Å². The predicted molar refractivity (Wildman–Crippen MR) is 73.7 cm³/mol. The van der Waals surface area contributed by atoms with Crippen LogP contribution < -0.4 is 5.32 Å². The van der Waals surface area contributed by atoms with Crippen molar-refractivity contribution in [2.24, 2.45) is 5.92 Å². The van der Waals surface area contributed by atoms with Crippen molar-refractivity contribution in [2.75, 3.05) is 6.54 Å². The Morgan fingerprint density at radius 2 is 2.17 bits per heavy atom. The van der Waals surface area contributed by atoms with Gasteiger partial charge in [-0.2, -0.15) is 0 Å². The van der Waals surface area contributed by atoms with Gasteiger partial charge in [-0.15, -0.1) is 0 Å². The maximum Gasteiger partial charge on any atom is 0.0706 e. The standard InChI is InChI=1S/C15H20ClNO/c16-12-5-3-4-11(10-12)14-13-6-1-2-7-15(13,18)8-9-17-14/h3-5,10,13-14,17-18H,1-2,6-9H2/t13-,14+,15-/m0/s1. The van der Waals surface area contributed by atoms with Crippen LogP contribution >= 0.6 is 11.6 Å². The highest BCUT2D eigenvalue weighted by Gasteiger charge is 2.45. The monoisotopic (exact) mass is 265 g/mol. The summed E-state index contributed by atoms with van der Waals surface area (Å²) >= 11 is 6.08. The number of hydrogen-bond donors (Lipinski definition) is 2. The van der Waals surface area contributed by atoms with Gasteiger partial charge in [-0.3, -0.25) is 0 Å². The summed E-state index contributed by atoms with van der Waals surface area (Å²) in [5, 5.41) is 15.2. The van der Waals surface area contributed by atoms with Crippen molar-refractivity contribution in [3.63, 3.8) is 0 Å². The lowest BCUT2D eigenvalue weighted by Gasteiger charge is -2.48. The van der Waals surface area contributed by atoms with Crippen molar-refractivity contribution in [2.45, 2.75) is 43.7 Å². The zero-order valence-electron chi connectivity index (χ0n) is 10.5. The van der Waals surface area contributed by atoms with Crippen molar-refractivity contribution in [3.8, 4) is 0 Å². The molecule has 1 aliphatic heterocycles. The first-order chi connectivity index (χ1) is 8.69. The molecule has 1 aromatic rings. The van der Waals surface area contributed by atoms with Gasteiger partial charge in [-0.25, -0.2) is 0 Å². The molecule has 2 aliphatic rings. The molecule has 3 atom stereocenters. The Balaban J connectivity index is 1.91. The number of nitrogens with one attached hydrogen (secondary N) is 1. The smallest absolute Gasteiger partial charge is 0.0706 e. The topological polar surface area (TPSA) is 32.3 Å². The molecule has 0 bridgehead atoms. The minimum Gasteiger partial charge on any atom is -0.389 e. The normalized spacial score (nSPS) is 36.1. The van der Waals surface area contributed by atoms with Crippen LogP contribution in [-0.2, 0) is 0 Å². The molecular formula is C15H20ClNO. The third-order valence-electron chi connectivity index (χ3n) is 4.60. The first kappa shape index (κ1) is 12.5. The molecule has 0 unspecified atom stereocenters. The summed E-state index contributed by atoms with van der Waals surface area (Å²) in [5.74, 6) is 0.332. The second-order valence-corrected chi connectivity index (χ2v) is 6.13. The van der Waals surface area contributed by atoms with Gasteiger partial charge in [0.25, 0.3) is 0 Å². The quantitative estimate of drug-likeness (QED) is 0.817. The summed E-state index contributed by atoms with van der Waals surface area (Å²) in [7, 11) is 0. The SMILES string of the molecule is O[C@]12CCCC[C@H]1[C@@H](c1cccc(Cl)c1)NCC2. The minimum atomic E-state index is -0.462. The molecule has 0 spiro atoms. The van der Waals surface area contributed by atoms with Crippen LogP contribution in [0.4, 0.5) is 0 Å². The molecule has 1 heterocycles. The van der Waals surface area contributed by atoms with Gasteiger partial charge in [0.1, 0.15) is 0 Å². The zero-order valence-corrected chi connectivity index (χ0v) is 11.3. The van der Waals surface area contributed by atoms with Crippen LogP contribution in [0.25, 0.3) is 0 Å². The highest BCUT2D eigenvalue weighted by molar-refractivity contribution is 6.30. The highest BCUT2D eigenvalue weighted by Crippen LogP contribution is 2.45. The Morgan fingerprint density at radius 1 is 1.28 bits per heavy atom. The van der Waals surface area contributed by atoms with E-state index in [2.05, 4.69) is 11.4 Å². The van der Waals surface area contributed by atoms with Crippen molar-refractivity contribution >= 4 is 11.6 Å². The Kier molecular flexibility index (Phi) is 3.35. The van der Waals surface area contributed by atoms with E-state index in [1.165, 1.54) is 12.0 Å². The van der Waals surface area contributed by atoms with E-state index >= 15 is 0 Å². The summed E-state index contributed by atoms with van der Waals surface area (Å²) in [5.41, 5.74) is 0.753. The number of hydrogen-bond acceptors (Lipinski definition) is 2. The summed E-state index contributed by atoms with van der Waals surface area (Å²) in [4.78, 5) is 0. The molecule has 98 valence electrons. The van der Waals surface area contributed by atoms with Gasteiger partial charge in [-0.1, -0.05) is 36.6 Å². The average Bonchev–Trinajstić information content (AvgIpc) is 2.37. The Labute approximate surface area is 113 Å². The second kappa shape index (κ2) is 4.84. The van der Waals surface area contributed by atoms with Crippen LogP contribution in [0.3, 0.4) is 0 Å². The Hall–Kier alpha value is -0.570. The number of halogens is 1. The molecule has 3 rings (SSSR count). The van der Waals surface area contributed by atoms with E-state index in [4.69, 9.17) is 11.6 Å². The molecule has 0 radical (unpaired) electrons. The molecule has 2 fully saturated rings. The van der Waals surface area contributed by atoms with E-state index in [9.17, 15) is 5.11 Å². The maximum absolute atomic E-state index is 10.8. The van der Waals surface area contributed by atoms with Gasteiger partial charge in [0, 0.05) is 17.0 Å². The lowest BCUT2D eigenvalue weighted by molar-refractivity contribution is -0.0861. The molecule has 1 aromatic carbocycles. The van der Waals surface area contributed by atoms with E-state index in [0.29, 0.717) is 5.92 Å². The van der Waals surface area contributed by atoms with Gasteiger partial charge in [-0.05, 0) is 43.5 Å². The van der Waals surface area contributed by atoms with E-state index < -0.39 is 5.60 Å². The molecule has 1 saturated heterocycles. The van der Waals surface area contributed by atoms with E-state index in [0.717, 1.165) is 37.3 Å². The number of piperidine rings is 1. The Morgan fingerprint density at radius 3 is 3.00 bits per heavy atom. The fourth-order valence-electron chi connectivity index (χ4n) is 3.67. The van der Waals surface area contributed by atoms with Crippen molar-refractivity contribution in [1.29, 1.82) is 0 Å². The van der Waals surface area contributed by atoms with Crippen molar-refractivity contribution < 1.29 is 5.11 Å². The highest BCUT2D eigenvalue weighted by atomic mass is 35.5. The second-order valence-electron chi connectivity index (χ2n) is 5.69. The molecule has 1 aliphatic carbocycles. The average molecular weight is 266 g/mol. The van der Waals surface area contributed by atoms with Crippen LogP contribution in [0.1, 0.15) is 43.7 Å². The van der Waals surface area contributed by atoms with Crippen LogP contribution in [0.15, 0.2) is 24.3 Å². The third kappa shape index (κ3) is 2.18. The van der Waals surface area contributed by atoms with Crippen molar-refractivity contribution in [3.05, 3.63) is 34.9 Å². The maximum atomic E-state index is 10.8.